The number of nitrogens with zero attached hydrogens (tertiary/aromatic N) is 4. The summed E-state index contributed by atoms with van der Waals surface area (Å²) in [5.41, 5.74) is 11.5. The molecule has 0 bridgehead atoms. The van der Waals surface area contributed by atoms with Crippen LogP contribution < -0.4 is 10.2 Å². The summed E-state index contributed by atoms with van der Waals surface area (Å²) in [7, 11) is 0. The second kappa shape index (κ2) is 11.9. The number of halogens is 1. The fourth-order valence-corrected chi connectivity index (χ4v) is 6.81. The summed E-state index contributed by atoms with van der Waals surface area (Å²) < 4.78 is 2.44. The third-order valence-corrected chi connectivity index (χ3v) is 9.01. The monoisotopic (exact) mass is 587 g/mol. The summed E-state index contributed by atoms with van der Waals surface area (Å²) in [5, 5.41) is 7.96. The average Bonchev–Trinajstić information content (AvgIpc) is 3.48. The highest BCUT2D eigenvalue weighted by molar-refractivity contribution is 7.07. The molecule has 0 atom stereocenters. The average molecular weight is 588 g/mol. The second-order valence-electron chi connectivity index (χ2n) is 10.6. The summed E-state index contributed by atoms with van der Waals surface area (Å²) >= 11 is 7.77. The van der Waals surface area contributed by atoms with Gasteiger partial charge in [-0.25, -0.2) is 9.97 Å². The molecule has 1 aliphatic carbocycles. The van der Waals surface area contributed by atoms with Crippen LogP contribution >= 0.6 is 22.9 Å². The van der Waals surface area contributed by atoms with Crippen molar-refractivity contribution < 1.29 is 0 Å². The molecule has 0 aliphatic heterocycles. The third-order valence-electron chi connectivity index (χ3n) is 7.91. The van der Waals surface area contributed by atoms with Crippen LogP contribution in [0.4, 0.5) is 5.82 Å². The molecule has 4 aromatic carbocycles. The summed E-state index contributed by atoms with van der Waals surface area (Å²) in [6.07, 6.45) is 6.09. The van der Waals surface area contributed by atoms with Crippen LogP contribution in [0.3, 0.4) is 0 Å². The minimum absolute atomic E-state index is 0.410. The van der Waals surface area contributed by atoms with Crippen molar-refractivity contribution in [1.29, 1.82) is 0 Å². The molecule has 7 rings (SSSR count). The number of benzene rings is 4. The van der Waals surface area contributed by atoms with E-state index in [2.05, 4.69) is 63.9 Å². The van der Waals surface area contributed by atoms with Gasteiger partial charge in [-0.2, -0.15) is 0 Å². The molecule has 0 saturated heterocycles. The standard InChI is InChI=1S/C35H30ClN5S/c36-28-21-19-25(20-22-28)24-15-17-26(18-16-24)32-23-42-35(41(32)29-11-5-2-6-12-29)40-39-34-33(27-9-3-1-4-10-27)37-30-13-7-8-14-31(30)38-34/h1,3-4,7-10,13-23,29H,2,5-6,11-12H2,(H,38,39)/b40-35+. The van der Waals surface area contributed by atoms with E-state index in [0.717, 1.165) is 50.5 Å². The van der Waals surface area contributed by atoms with Crippen LogP contribution in [0, 0.1) is 0 Å². The molecule has 2 heterocycles. The predicted octanol–water partition coefficient (Wildman–Crippen LogP) is 9.58. The van der Waals surface area contributed by atoms with Gasteiger partial charge in [-0.1, -0.05) is 110 Å². The molecule has 1 fully saturated rings. The van der Waals surface area contributed by atoms with Gasteiger partial charge in [0.15, 0.2) is 5.82 Å². The minimum atomic E-state index is 0.410. The Kier molecular flexibility index (Phi) is 7.56. The summed E-state index contributed by atoms with van der Waals surface area (Å²) in [6, 6.07) is 35.3. The summed E-state index contributed by atoms with van der Waals surface area (Å²) in [6.45, 7) is 0. The van der Waals surface area contributed by atoms with Crippen molar-refractivity contribution in [2.75, 3.05) is 5.43 Å². The number of nitrogens with one attached hydrogen (secondary N) is 1. The molecule has 6 aromatic rings. The minimum Gasteiger partial charge on any atom is -0.312 e. The van der Waals surface area contributed by atoms with E-state index >= 15 is 0 Å². The van der Waals surface area contributed by atoms with Crippen LogP contribution in [0.25, 0.3) is 44.7 Å². The quantitative estimate of drug-likeness (QED) is 0.197. The molecule has 5 nitrogen and oxygen atoms in total. The van der Waals surface area contributed by atoms with Crippen LogP contribution in [-0.4, -0.2) is 14.5 Å². The number of para-hydroxylation sites is 2. The molecule has 0 amide bonds. The highest BCUT2D eigenvalue weighted by Crippen LogP contribution is 2.34. The van der Waals surface area contributed by atoms with Crippen molar-refractivity contribution in [3.63, 3.8) is 0 Å². The van der Waals surface area contributed by atoms with Gasteiger partial charge in [-0.3, -0.25) is 5.43 Å². The predicted molar refractivity (Wildman–Crippen MR) is 174 cm³/mol. The number of aromatic nitrogens is 3. The summed E-state index contributed by atoms with van der Waals surface area (Å²) in [5.74, 6) is 0.650. The fourth-order valence-electron chi connectivity index (χ4n) is 5.76. The van der Waals surface area contributed by atoms with Crippen molar-refractivity contribution in [1.82, 2.24) is 14.5 Å². The van der Waals surface area contributed by atoms with Crippen LogP contribution in [0.2, 0.25) is 5.02 Å². The van der Waals surface area contributed by atoms with E-state index in [1.807, 2.05) is 54.6 Å². The largest absolute Gasteiger partial charge is 0.312 e. The Morgan fingerprint density at radius 1 is 0.690 bits per heavy atom. The van der Waals surface area contributed by atoms with Crippen LogP contribution in [0.1, 0.15) is 38.1 Å². The first-order valence-electron chi connectivity index (χ1n) is 14.4. The van der Waals surface area contributed by atoms with E-state index in [-0.39, 0.29) is 0 Å². The van der Waals surface area contributed by atoms with Crippen molar-refractivity contribution in [2.24, 2.45) is 5.10 Å². The van der Waals surface area contributed by atoms with Gasteiger partial charge in [0.25, 0.3) is 0 Å². The van der Waals surface area contributed by atoms with E-state index in [9.17, 15) is 0 Å². The molecule has 2 aromatic heterocycles. The van der Waals surface area contributed by atoms with Gasteiger partial charge in [0.05, 0.1) is 16.7 Å². The lowest BCUT2D eigenvalue weighted by atomic mass is 9.94. The Morgan fingerprint density at radius 2 is 1.31 bits per heavy atom. The van der Waals surface area contributed by atoms with Gasteiger partial charge in [-0.15, -0.1) is 16.4 Å². The van der Waals surface area contributed by atoms with Crippen LogP contribution in [-0.2, 0) is 0 Å². The maximum absolute atomic E-state index is 6.11. The lowest BCUT2D eigenvalue weighted by Gasteiger charge is -2.25. The molecule has 0 spiro atoms. The van der Waals surface area contributed by atoms with Gasteiger partial charge in [0.2, 0.25) is 4.80 Å². The van der Waals surface area contributed by atoms with Crippen LogP contribution in [0.15, 0.2) is 114 Å². The van der Waals surface area contributed by atoms with E-state index in [1.54, 1.807) is 11.3 Å². The Morgan fingerprint density at radius 3 is 2.02 bits per heavy atom. The molecular weight excluding hydrogens is 558 g/mol. The molecule has 1 aliphatic rings. The van der Waals surface area contributed by atoms with E-state index in [4.69, 9.17) is 26.7 Å². The number of thiazole rings is 1. The van der Waals surface area contributed by atoms with Crippen molar-refractivity contribution in [2.45, 2.75) is 38.1 Å². The Balaban J connectivity index is 1.29. The number of fused-ring (bicyclic) bond motifs is 1. The smallest absolute Gasteiger partial charge is 0.208 e. The first-order valence-corrected chi connectivity index (χ1v) is 15.7. The van der Waals surface area contributed by atoms with Crippen molar-refractivity contribution >= 4 is 39.8 Å². The Hall–Kier alpha value is -4.26. The molecule has 0 radical (unpaired) electrons. The second-order valence-corrected chi connectivity index (χ2v) is 11.9. The molecule has 42 heavy (non-hydrogen) atoms. The molecule has 208 valence electrons. The maximum Gasteiger partial charge on any atom is 0.208 e. The first kappa shape index (κ1) is 26.6. The Labute approximate surface area is 254 Å². The van der Waals surface area contributed by atoms with E-state index in [1.165, 1.54) is 36.1 Å². The van der Waals surface area contributed by atoms with Gasteiger partial charge in [-0.05, 0) is 53.8 Å². The maximum atomic E-state index is 6.11. The lowest BCUT2D eigenvalue weighted by Crippen LogP contribution is -2.25. The topological polar surface area (TPSA) is 55.1 Å². The third kappa shape index (κ3) is 5.48. The van der Waals surface area contributed by atoms with E-state index < -0.39 is 0 Å². The van der Waals surface area contributed by atoms with Gasteiger partial charge >= 0.3 is 0 Å². The normalized spacial score (nSPS) is 14.4. The van der Waals surface area contributed by atoms with Crippen LogP contribution in [0.5, 0.6) is 0 Å². The number of hydrogen-bond acceptors (Lipinski definition) is 5. The van der Waals surface area contributed by atoms with Crippen molar-refractivity contribution in [3.8, 4) is 33.6 Å². The molecule has 1 saturated carbocycles. The van der Waals surface area contributed by atoms with Gasteiger partial charge < -0.3 is 4.57 Å². The SMILES string of the molecule is Clc1ccc(-c2ccc(-c3cs/c(=N/Nc4nc5ccccc5nc4-c4ccccc4)n3C3CCCCC3)cc2)cc1. The molecule has 1 N–H and O–H groups in total. The van der Waals surface area contributed by atoms with Gasteiger partial charge in [0, 0.05) is 22.0 Å². The highest BCUT2D eigenvalue weighted by atomic mass is 35.5. The number of anilines is 1. The first-order chi connectivity index (χ1) is 20.7. The van der Waals surface area contributed by atoms with E-state index in [0.29, 0.717) is 11.9 Å². The number of hydrogen-bond donors (Lipinski definition) is 1. The van der Waals surface area contributed by atoms with Gasteiger partial charge in [0.1, 0.15) is 5.69 Å². The fraction of sp³-hybridized carbons (Fsp3) is 0.171. The highest BCUT2D eigenvalue weighted by Gasteiger charge is 2.21. The van der Waals surface area contributed by atoms with Crippen molar-refractivity contribution in [3.05, 3.63) is 118 Å². The molecule has 0 unspecified atom stereocenters. The molecule has 7 heteroatoms. The lowest BCUT2D eigenvalue weighted by molar-refractivity contribution is 0.350. The number of rotatable bonds is 6. The zero-order chi connectivity index (χ0) is 28.3. The summed E-state index contributed by atoms with van der Waals surface area (Å²) in [4.78, 5) is 10.8. The zero-order valence-corrected chi connectivity index (χ0v) is 24.7. The Bertz CT molecular complexity index is 1890. The molecular formula is C35H30ClN5S. The zero-order valence-electron chi connectivity index (χ0n) is 23.1.